The highest BCUT2D eigenvalue weighted by Crippen LogP contribution is 2.77. The molecule has 4 nitrogen and oxygen atoms in total. The number of hydrogen-bond donors (Lipinski definition) is 3. The van der Waals surface area contributed by atoms with E-state index in [9.17, 15) is 20.1 Å². The smallest absolute Gasteiger partial charge is 0.309 e. The van der Waals surface area contributed by atoms with E-state index in [0.717, 1.165) is 64.2 Å². The van der Waals surface area contributed by atoms with Crippen LogP contribution in [0.25, 0.3) is 0 Å². The lowest BCUT2D eigenvalue weighted by molar-refractivity contribution is -0.254. The molecule has 0 amide bonds. The normalized spacial score (nSPS) is 56.6. The summed E-state index contributed by atoms with van der Waals surface area (Å²) in [5, 5.41) is 31.8. The highest BCUT2D eigenvalue weighted by molar-refractivity contribution is 5.76. The van der Waals surface area contributed by atoms with Crippen LogP contribution in [-0.4, -0.2) is 34.0 Å². The Bertz CT molecular complexity index is 883. The van der Waals surface area contributed by atoms with Crippen molar-refractivity contribution in [3.63, 3.8) is 0 Å². The third-order valence-corrected chi connectivity index (χ3v) is 13.6. The summed E-state index contributed by atoms with van der Waals surface area (Å²) in [6, 6.07) is 0. The zero-order valence-corrected chi connectivity index (χ0v) is 22.2. The van der Waals surface area contributed by atoms with E-state index in [1.54, 1.807) is 0 Å². The minimum atomic E-state index is -0.567. The van der Waals surface area contributed by atoms with Gasteiger partial charge in [0.2, 0.25) is 0 Å². The van der Waals surface area contributed by atoms with Gasteiger partial charge in [-0.25, -0.2) is 0 Å². The minimum Gasteiger partial charge on any atom is -0.481 e. The molecule has 5 saturated carbocycles. The number of carboxylic acid groups (broad SMARTS) is 1. The molecule has 5 fully saturated rings. The standard InChI is InChI=1S/C30H48O4/c1-18(2)19-9-14-30(25(33)34)16-15-28(5)20(24(19)30)7-8-22-26(3)12-11-23(32)27(4,17-31)21(26)10-13-29(22,28)6/h19-24,31-32H,1,7-17H2,2-6H3,(H,33,34)/t19?,20?,21?,22?,23?,24?,26-,27?,28+,29+,30-/m0/s1. The van der Waals surface area contributed by atoms with Gasteiger partial charge in [-0.05, 0) is 117 Å². The Morgan fingerprint density at radius 3 is 2.21 bits per heavy atom. The van der Waals surface area contributed by atoms with Crippen LogP contribution in [0.5, 0.6) is 0 Å². The number of rotatable bonds is 3. The fourth-order valence-corrected chi connectivity index (χ4v) is 11.5. The number of fused-ring (bicyclic) bond motifs is 7. The summed E-state index contributed by atoms with van der Waals surface area (Å²) in [4.78, 5) is 12.8. The topological polar surface area (TPSA) is 77.8 Å². The molecule has 0 radical (unpaired) electrons. The Labute approximate surface area is 206 Å². The van der Waals surface area contributed by atoms with Crippen LogP contribution in [-0.2, 0) is 4.79 Å². The Morgan fingerprint density at radius 2 is 1.59 bits per heavy atom. The van der Waals surface area contributed by atoms with Crippen molar-refractivity contribution in [2.45, 2.75) is 105 Å². The van der Waals surface area contributed by atoms with Crippen molar-refractivity contribution in [3.05, 3.63) is 12.2 Å². The van der Waals surface area contributed by atoms with Crippen molar-refractivity contribution in [3.8, 4) is 0 Å². The Morgan fingerprint density at radius 1 is 0.882 bits per heavy atom. The molecule has 0 bridgehead atoms. The Kier molecular flexibility index (Phi) is 5.52. The van der Waals surface area contributed by atoms with Crippen LogP contribution in [0.2, 0.25) is 0 Å². The zero-order chi connectivity index (χ0) is 24.9. The van der Waals surface area contributed by atoms with Gasteiger partial charge in [-0.2, -0.15) is 0 Å². The molecule has 0 spiro atoms. The first kappa shape index (κ1) is 24.8. The second-order valence-electron chi connectivity index (χ2n) is 14.4. The van der Waals surface area contributed by atoms with Gasteiger partial charge in [-0.1, -0.05) is 39.8 Å². The van der Waals surface area contributed by atoms with Gasteiger partial charge in [-0.15, -0.1) is 0 Å². The van der Waals surface area contributed by atoms with Gasteiger partial charge in [0.1, 0.15) is 0 Å². The van der Waals surface area contributed by atoms with E-state index in [-0.39, 0.29) is 28.8 Å². The lowest BCUT2D eigenvalue weighted by Crippen LogP contribution is -2.67. The van der Waals surface area contributed by atoms with E-state index < -0.39 is 22.9 Å². The molecule has 7 unspecified atom stereocenters. The third kappa shape index (κ3) is 2.76. The molecular formula is C30H48O4. The highest BCUT2D eigenvalue weighted by atomic mass is 16.4. The average molecular weight is 473 g/mol. The van der Waals surface area contributed by atoms with E-state index in [2.05, 4.69) is 41.2 Å². The van der Waals surface area contributed by atoms with Crippen LogP contribution in [0.4, 0.5) is 0 Å². The van der Waals surface area contributed by atoms with E-state index >= 15 is 0 Å². The van der Waals surface area contributed by atoms with Crippen LogP contribution in [0, 0.1) is 56.7 Å². The van der Waals surface area contributed by atoms with Crippen LogP contribution < -0.4 is 0 Å². The van der Waals surface area contributed by atoms with Gasteiger partial charge >= 0.3 is 5.97 Å². The summed E-state index contributed by atoms with van der Waals surface area (Å²) < 4.78 is 0. The predicted octanol–water partition coefficient (Wildman–Crippen LogP) is 6.06. The molecule has 5 aliphatic rings. The van der Waals surface area contributed by atoms with Crippen molar-refractivity contribution < 1.29 is 20.1 Å². The first-order chi connectivity index (χ1) is 15.8. The first-order valence-electron chi connectivity index (χ1n) is 14.0. The largest absolute Gasteiger partial charge is 0.481 e. The van der Waals surface area contributed by atoms with E-state index in [0.29, 0.717) is 23.7 Å². The molecule has 0 aliphatic heterocycles. The Hall–Kier alpha value is -0.870. The van der Waals surface area contributed by atoms with Gasteiger partial charge in [0.25, 0.3) is 0 Å². The number of carbonyl (C=O) groups is 1. The second-order valence-corrected chi connectivity index (χ2v) is 14.4. The monoisotopic (exact) mass is 472 g/mol. The summed E-state index contributed by atoms with van der Waals surface area (Å²) in [6.07, 6.45) is 9.43. The minimum absolute atomic E-state index is 0.0568. The summed E-state index contributed by atoms with van der Waals surface area (Å²) in [5.41, 5.74) is 0.586. The van der Waals surface area contributed by atoms with Gasteiger partial charge < -0.3 is 15.3 Å². The maximum Gasteiger partial charge on any atom is 0.309 e. The molecule has 11 atom stereocenters. The molecular weight excluding hydrogens is 424 g/mol. The SMILES string of the molecule is C=C(C)C1CC[C@]2(C(=O)O)CC[C@]3(C)C(CCC4[C@@]5(C)CCC(O)C(C)(CO)C5CC[C@]43C)C12. The predicted molar refractivity (Wildman–Crippen MR) is 134 cm³/mol. The van der Waals surface area contributed by atoms with Gasteiger partial charge in [0.15, 0.2) is 0 Å². The average Bonchev–Trinajstić information content (AvgIpc) is 3.18. The number of allylic oxidation sites excluding steroid dienone is 1. The van der Waals surface area contributed by atoms with Crippen molar-refractivity contribution in [1.82, 2.24) is 0 Å². The fourth-order valence-electron chi connectivity index (χ4n) is 11.5. The number of hydrogen-bond acceptors (Lipinski definition) is 3. The maximum absolute atomic E-state index is 12.8. The van der Waals surface area contributed by atoms with Crippen molar-refractivity contribution in [2.24, 2.45) is 56.7 Å². The molecule has 3 N–H and O–H groups in total. The van der Waals surface area contributed by atoms with Gasteiger partial charge in [0.05, 0.1) is 18.1 Å². The number of carboxylic acids is 1. The zero-order valence-electron chi connectivity index (χ0n) is 22.2. The molecule has 34 heavy (non-hydrogen) atoms. The van der Waals surface area contributed by atoms with Crippen molar-refractivity contribution in [2.75, 3.05) is 6.61 Å². The molecule has 192 valence electrons. The van der Waals surface area contributed by atoms with Gasteiger partial charge in [0, 0.05) is 5.41 Å². The number of aliphatic hydroxyl groups is 2. The van der Waals surface area contributed by atoms with Crippen LogP contribution in [0.15, 0.2) is 12.2 Å². The number of aliphatic carboxylic acids is 1. The van der Waals surface area contributed by atoms with Crippen LogP contribution >= 0.6 is 0 Å². The molecule has 0 aromatic heterocycles. The summed E-state index contributed by atoms with van der Waals surface area (Å²) >= 11 is 0. The van der Waals surface area contributed by atoms with E-state index in [1.165, 1.54) is 5.57 Å². The summed E-state index contributed by atoms with van der Waals surface area (Å²) in [7, 11) is 0. The van der Waals surface area contributed by atoms with Crippen LogP contribution in [0.1, 0.15) is 98.8 Å². The molecule has 0 saturated heterocycles. The molecule has 5 aliphatic carbocycles. The third-order valence-electron chi connectivity index (χ3n) is 13.6. The lowest BCUT2D eigenvalue weighted by Gasteiger charge is -2.72. The summed E-state index contributed by atoms with van der Waals surface area (Å²) in [6.45, 7) is 16.2. The molecule has 5 rings (SSSR count). The summed E-state index contributed by atoms with van der Waals surface area (Å²) in [5.74, 6) is 1.30. The lowest BCUT2D eigenvalue weighted by atomic mass is 9.32. The first-order valence-corrected chi connectivity index (χ1v) is 14.0. The quantitative estimate of drug-likeness (QED) is 0.436. The van der Waals surface area contributed by atoms with Crippen molar-refractivity contribution in [1.29, 1.82) is 0 Å². The van der Waals surface area contributed by atoms with Crippen LogP contribution in [0.3, 0.4) is 0 Å². The van der Waals surface area contributed by atoms with Crippen molar-refractivity contribution >= 4 is 5.97 Å². The fraction of sp³-hybridized carbons (Fsp3) is 0.900. The number of aliphatic hydroxyl groups excluding tert-OH is 2. The highest BCUT2D eigenvalue weighted by Gasteiger charge is 2.72. The second kappa shape index (κ2) is 7.57. The van der Waals surface area contributed by atoms with E-state index in [1.807, 2.05) is 0 Å². The molecule has 0 aromatic carbocycles. The molecule has 4 heteroatoms. The van der Waals surface area contributed by atoms with Gasteiger partial charge in [-0.3, -0.25) is 4.79 Å². The van der Waals surface area contributed by atoms with E-state index in [4.69, 9.17) is 0 Å². The Balaban J connectivity index is 1.56. The molecule has 0 heterocycles. The maximum atomic E-state index is 12.8. The molecule has 0 aromatic rings.